The molecule has 0 aliphatic heterocycles. The normalized spacial score (nSPS) is 11.5. The second-order valence-corrected chi connectivity index (χ2v) is 3.40. The molecule has 0 aromatic heterocycles. The van der Waals surface area contributed by atoms with Crippen molar-refractivity contribution in [1.82, 2.24) is 0 Å². The largest absolute Gasteiger partial charge is 0.399 e. The average molecular weight is 246 g/mol. The third kappa shape index (κ3) is 2.52. The molecule has 1 aromatic rings. The first-order valence-electron chi connectivity index (χ1n) is 3.68. The van der Waals surface area contributed by atoms with Crippen LogP contribution in [0.3, 0.4) is 0 Å². The van der Waals surface area contributed by atoms with Crippen molar-refractivity contribution < 1.29 is 9.23 Å². The monoisotopic (exact) mass is 245 g/mol. The molecule has 0 atom stereocenters. The average Bonchev–Trinajstić information content (AvgIpc) is 2.04. The van der Waals surface area contributed by atoms with Gasteiger partial charge in [0.25, 0.3) is 0 Å². The molecule has 4 heteroatoms. The van der Waals surface area contributed by atoms with Crippen LogP contribution in [0.1, 0.15) is 12.5 Å². The molecular formula is C9H9BrFNO. The minimum absolute atomic E-state index is 0.312. The van der Waals surface area contributed by atoms with Gasteiger partial charge in [-0.3, -0.25) is 0 Å². The molecule has 0 saturated carbocycles. The molecule has 0 aliphatic carbocycles. The van der Waals surface area contributed by atoms with Crippen molar-refractivity contribution in [1.29, 1.82) is 0 Å². The van der Waals surface area contributed by atoms with E-state index in [1.165, 1.54) is 13.2 Å². The van der Waals surface area contributed by atoms with Gasteiger partial charge in [0.15, 0.2) is 0 Å². The van der Waals surface area contributed by atoms with Gasteiger partial charge in [-0.2, -0.15) is 0 Å². The predicted octanol–water partition coefficient (Wildman–Crippen LogP) is 2.96. The molecule has 0 bridgehead atoms. The Labute approximate surface area is 84.5 Å². The van der Waals surface area contributed by atoms with Crippen LogP contribution in [0.5, 0.6) is 0 Å². The lowest BCUT2D eigenvalue weighted by molar-refractivity contribution is 0.213. The second-order valence-electron chi connectivity index (χ2n) is 2.48. The fourth-order valence-corrected chi connectivity index (χ4v) is 1.30. The third-order valence-corrected chi connectivity index (χ3v) is 2.04. The third-order valence-electron chi connectivity index (χ3n) is 1.55. The highest BCUT2D eigenvalue weighted by Gasteiger charge is 2.05. The first-order valence-corrected chi connectivity index (χ1v) is 4.47. The van der Waals surface area contributed by atoms with Crippen molar-refractivity contribution in [2.75, 3.05) is 7.11 Å². The van der Waals surface area contributed by atoms with E-state index in [0.717, 1.165) is 0 Å². The molecule has 0 fully saturated rings. The van der Waals surface area contributed by atoms with Gasteiger partial charge in [-0.05, 0) is 25.1 Å². The highest BCUT2D eigenvalue weighted by molar-refractivity contribution is 9.10. The lowest BCUT2D eigenvalue weighted by Crippen LogP contribution is -1.99. The van der Waals surface area contributed by atoms with Crippen LogP contribution in [-0.4, -0.2) is 12.8 Å². The van der Waals surface area contributed by atoms with Gasteiger partial charge in [0, 0.05) is 10.0 Å². The van der Waals surface area contributed by atoms with Gasteiger partial charge in [-0.15, -0.1) is 0 Å². The van der Waals surface area contributed by atoms with E-state index < -0.39 is 0 Å². The summed E-state index contributed by atoms with van der Waals surface area (Å²) in [6.45, 7) is 1.69. The molecule has 2 nitrogen and oxygen atoms in total. The summed E-state index contributed by atoms with van der Waals surface area (Å²) >= 11 is 3.17. The summed E-state index contributed by atoms with van der Waals surface area (Å²) in [4.78, 5) is 4.55. The summed E-state index contributed by atoms with van der Waals surface area (Å²) < 4.78 is 14.0. The maximum absolute atomic E-state index is 13.3. The molecule has 1 aromatic carbocycles. The summed E-state index contributed by atoms with van der Waals surface area (Å²) in [5.41, 5.74) is 0.970. The summed E-state index contributed by atoms with van der Waals surface area (Å²) in [5, 5.41) is 3.65. The molecule has 70 valence electrons. The lowest BCUT2D eigenvalue weighted by Gasteiger charge is -2.01. The van der Waals surface area contributed by atoms with E-state index in [4.69, 9.17) is 0 Å². The zero-order chi connectivity index (χ0) is 9.84. The van der Waals surface area contributed by atoms with Crippen LogP contribution in [0, 0.1) is 5.82 Å². The van der Waals surface area contributed by atoms with E-state index in [1.54, 1.807) is 19.1 Å². The maximum atomic E-state index is 13.3. The molecule has 0 heterocycles. The van der Waals surface area contributed by atoms with Gasteiger partial charge in [0.1, 0.15) is 12.9 Å². The van der Waals surface area contributed by atoms with Crippen LogP contribution in [0.25, 0.3) is 0 Å². The fourth-order valence-electron chi connectivity index (χ4n) is 0.969. The Kier molecular flexibility index (Phi) is 3.42. The van der Waals surface area contributed by atoms with E-state index in [-0.39, 0.29) is 5.82 Å². The van der Waals surface area contributed by atoms with Crippen molar-refractivity contribution in [3.63, 3.8) is 0 Å². The van der Waals surface area contributed by atoms with Crippen molar-refractivity contribution in [2.45, 2.75) is 6.92 Å². The van der Waals surface area contributed by atoms with Crippen molar-refractivity contribution in [3.8, 4) is 0 Å². The molecule has 0 radical (unpaired) electrons. The fraction of sp³-hybridized carbons (Fsp3) is 0.222. The number of oxime groups is 1. The van der Waals surface area contributed by atoms with E-state index >= 15 is 0 Å². The van der Waals surface area contributed by atoms with Crippen LogP contribution in [0.2, 0.25) is 0 Å². The summed E-state index contributed by atoms with van der Waals surface area (Å²) in [6, 6.07) is 4.80. The standard InChI is InChI=1S/C9H9BrFNO/c1-6(12-13-2)8-4-3-7(10)5-9(8)11/h3-5H,1-2H3. The topological polar surface area (TPSA) is 21.6 Å². The Balaban J connectivity index is 3.09. The number of hydrogen-bond donors (Lipinski definition) is 0. The van der Waals surface area contributed by atoms with E-state index in [0.29, 0.717) is 15.7 Å². The summed E-state index contributed by atoms with van der Waals surface area (Å²) in [7, 11) is 1.43. The summed E-state index contributed by atoms with van der Waals surface area (Å²) in [5.74, 6) is -0.312. The van der Waals surface area contributed by atoms with Crippen molar-refractivity contribution in [2.24, 2.45) is 5.16 Å². The molecule has 1 rings (SSSR count). The molecule has 0 unspecified atom stereocenters. The predicted molar refractivity (Wildman–Crippen MR) is 53.3 cm³/mol. The Bertz CT molecular complexity index is 338. The number of hydrogen-bond acceptors (Lipinski definition) is 2. The van der Waals surface area contributed by atoms with Gasteiger partial charge in [0.05, 0.1) is 5.71 Å². The molecule has 0 aliphatic rings. The van der Waals surface area contributed by atoms with Gasteiger partial charge < -0.3 is 4.84 Å². The Morgan fingerprint density at radius 3 is 2.77 bits per heavy atom. The number of benzene rings is 1. The highest BCUT2D eigenvalue weighted by atomic mass is 79.9. The summed E-state index contributed by atoms with van der Waals surface area (Å²) in [6.07, 6.45) is 0. The Morgan fingerprint density at radius 1 is 1.54 bits per heavy atom. The Hall–Kier alpha value is -0.900. The van der Waals surface area contributed by atoms with Crippen molar-refractivity contribution >= 4 is 21.6 Å². The van der Waals surface area contributed by atoms with E-state index in [1.807, 2.05) is 0 Å². The number of halogens is 2. The zero-order valence-corrected chi connectivity index (χ0v) is 8.93. The van der Waals surface area contributed by atoms with Crippen LogP contribution in [-0.2, 0) is 4.84 Å². The lowest BCUT2D eigenvalue weighted by atomic mass is 10.1. The van der Waals surface area contributed by atoms with Gasteiger partial charge >= 0.3 is 0 Å². The Morgan fingerprint density at radius 2 is 2.23 bits per heavy atom. The quantitative estimate of drug-likeness (QED) is 0.580. The molecule has 0 N–H and O–H groups in total. The first-order chi connectivity index (χ1) is 6.15. The van der Waals surface area contributed by atoms with Gasteiger partial charge in [0.2, 0.25) is 0 Å². The van der Waals surface area contributed by atoms with E-state index in [9.17, 15) is 4.39 Å². The molecule has 13 heavy (non-hydrogen) atoms. The molecule has 0 spiro atoms. The van der Waals surface area contributed by atoms with Crippen LogP contribution in [0.15, 0.2) is 27.8 Å². The van der Waals surface area contributed by atoms with Crippen LogP contribution in [0.4, 0.5) is 4.39 Å². The first kappa shape index (κ1) is 10.2. The van der Waals surface area contributed by atoms with Crippen molar-refractivity contribution in [3.05, 3.63) is 34.1 Å². The van der Waals surface area contributed by atoms with Gasteiger partial charge in [-0.25, -0.2) is 4.39 Å². The maximum Gasteiger partial charge on any atom is 0.133 e. The minimum Gasteiger partial charge on any atom is -0.399 e. The number of nitrogens with zero attached hydrogens (tertiary/aromatic N) is 1. The molecule has 0 saturated heterocycles. The second kappa shape index (κ2) is 4.37. The molecular weight excluding hydrogens is 237 g/mol. The SMILES string of the molecule is CON=C(C)c1ccc(Br)cc1F. The smallest absolute Gasteiger partial charge is 0.133 e. The van der Waals surface area contributed by atoms with Crippen LogP contribution >= 0.6 is 15.9 Å². The zero-order valence-electron chi connectivity index (χ0n) is 7.34. The highest BCUT2D eigenvalue weighted by Crippen LogP contribution is 2.15. The molecule has 0 amide bonds. The number of rotatable bonds is 2. The van der Waals surface area contributed by atoms with Crippen LogP contribution < -0.4 is 0 Å². The van der Waals surface area contributed by atoms with E-state index in [2.05, 4.69) is 25.9 Å². The minimum atomic E-state index is -0.312. The van der Waals surface area contributed by atoms with Gasteiger partial charge in [-0.1, -0.05) is 21.1 Å².